The number of carbonyl (C=O) groups is 4. The molecule has 1 aliphatic rings. The smallest absolute Gasteiger partial charge is 0.330 e. The number of aromatic amines is 1. The van der Waals surface area contributed by atoms with Gasteiger partial charge >= 0.3 is 29.6 Å². The van der Waals surface area contributed by atoms with Crippen LogP contribution in [0.5, 0.6) is 0 Å². The molecule has 0 unspecified atom stereocenters. The van der Waals surface area contributed by atoms with Crippen LogP contribution >= 0.6 is 0 Å². The lowest BCUT2D eigenvalue weighted by Crippen LogP contribution is -2.43. The number of hydrogen-bond acceptors (Lipinski definition) is 10. The van der Waals surface area contributed by atoms with Crippen LogP contribution in [0.25, 0.3) is 0 Å². The van der Waals surface area contributed by atoms with Crippen molar-refractivity contribution in [3.8, 4) is 0 Å². The third-order valence-electron chi connectivity index (χ3n) is 4.00. The van der Waals surface area contributed by atoms with Crippen molar-refractivity contribution >= 4 is 23.9 Å². The van der Waals surface area contributed by atoms with E-state index in [-0.39, 0.29) is 12.2 Å². The van der Waals surface area contributed by atoms with E-state index in [0.717, 1.165) is 31.5 Å². The van der Waals surface area contributed by atoms with Crippen molar-refractivity contribution in [3.05, 3.63) is 32.6 Å². The first-order valence-electron chi connectivity index (χ1n) is 8.69. The van der Waals surface area contributed by atoms with E-state index in [1.54, 1.807) is 0 Å². The number of aromatic nitrogens is 2. The van der Waals surface area contributed by atoms with Crippen LogP contribution in [-0.2, 0) is 44.5 Å². The van der Waals surface area contributed by atoms with Gasteiger partial charge in [0.15, 0.2) is 18.4 Å². The summed E-state index contributed by atoms with van der Waals surface area (Å²) in [4.78, 5) is 71.4. The summed E-state index contributed by atoms with van der Waals surface area (Å²) in [5.41, 5.74) is -2.15. The van der Waals surface area contributed by atoms with Crippen LogP contribution in [0.4, 0.5) is 0 Å². The van der Waals surface area contributed by atoms with Gasteiger partial charge in [0.05, 0.1) is 6.42 Å². The number of nitrogens with one attached hydrogen (secondary N) is 1. The summed E-state index contributed by atoms with van der Waals surface area (Å²) in [6.45, 7) is 2.92. The summed E-state index contributed by atoms with van der Waals surface area (Å²) in [6.07, 6.45) is -4.87. The van der Waals surface area contributed by atoms with Gasteiger partial charge in [0.2, 0.25) is 0 Å². The predicted molar refractivity (Wildman–Crippen MR) is 94.3 cm³/mol. The standard InChI is InChI=1S/C17H20N2O11/c1-7(20)27-6-11-13(28-8(2)21)14(29-9(3)22)16(30-11)19-5-10(4-12(23)24)15(25)18-17(19)26/h5,11,13-14,16H,4,6H2,1-3H3,(H,23,24)(H,18,25,26)/t11-,13-,14-,16-/m1/s1. The molecule has 2 heterocycles. The van der Waals surface area contributed by atoms with Crippen LogP contribution in [0, 0.1) is 0 Å². The van der Waals surface area contributed by atoms with Gasteiger partial charge in [0, 0.05) is 32.5 Å². The first-order valence-corrected chi connectivity index (χ1v) is 8.69. The minimum Gasteiger partial charge on any atom is -0.481 e. The number of nitrogens with zero attached hydrogens (tertiary/aromatic N) is 1. The zero-order valence-corrected chi connectivity index (χ0v) is 16.3. The number of H-pyrrole nitrogens is 1. The molecule has 13 nitrogen and oxygen atoms in total. The molecule has 13 heteroatoms. The Morgan fingerprint density at radius 2 is 1.67 bits per heavy atom. The van der Waals surface area contributed by atoms with Crippen LogP contribution in [-0.4, -0.2) is 63.5 Å². The fourth-order valence-electron chi connectivity index (χ4n) is 2.92. The highest BCUT2D eigenvalue weighted by molar-refractivity contribution is 5.70. The predicted octanol–water partition coefficient (Wildman–Crippen LogP) is -1.51. The van der Waals surface area contributed by atoms with Gasteiger partial charge in [-0.2, -0.15) is 0 Å². The summed E-state index contributed by atoms with van der Waals surface area (Å²) in [6, 6.07) is 0. The van der Waals surface area contributed by atoms with E-state index in [0.29, 0.717) is 0 Å². The molecule has 2 N–H and O–H groups in total. The van der Waals surface area contributed by atoms with Gasteiger partial charge in [-0.1, -0.05) is 0 Å². The van der Waals surface area contributed by atoms with Gasteiger partial charge in [0.1, 0.15) is 12.7 Å². The lowest BCUT2D eigenvalue weighted by molar-refractivity contribution is -0.166. The topological polar surface area (TPSA) is 180 Å². The number of ether oxygens (including phenoxy) is 4. The molecule has 0 aromatic carbocycles. The maximum absolute atomic E-state index is 12.3. The lowest BCUT2D eigenvalue weighted by atomic mass is 10.1. The molecule has 164 valence electrons. The van der Waals surface area contributed by atoms with Gasteiger partial charge in [0.25, 0.3) is 5.56 Å². The maximum atomic E-state index is 12.3. The number of aliphatic carboxylic acids is 1. The molecule has 30 heavy (non-hydrogen) atoms. The molecule has 0 bridgehead atoms. The van der Waals surface area contributed by atoms with Gasteiger partial charge in [-0.3, -0.25) is 33.5 Å². The average molecular weight is 428 g/mol. The third-order valence-corrected chi connectivity index (χ3v) is 4.00. The van der Waals surface area contributed by atoms with Gasteiger partial charge < -0.3 is 24.1 Å². The molecule has 1 saturated heterocycles. The molecular formula is C17H20N2O11. The van der Waals surface area contributed by atoms with Crippen LogP contribution in [0.15, 0.2) is 15.8 Å². The van der Waals surface area contributed by atoms with Crippen molar-refractivity contribution in [1.82, 2.24) is 9.55 Å². The van der Waals surface area contributed by atoms with E-state index in [2.05, 4.69) is 0 Å². The first kappa shape index (κ1) is 22.8. The van der Waals surface area contributed by atoms with Crippen molar-refractivity contribution in [2.24, 2.45) is 0 Å². The van der Waals surface area contributed by atoms with Crippen molar-refractivity contribution in [3.63, 3.8) is 0 Å². The Kier molecular flexibility index (Phi) is 7.10. The van der Waals surface area contributed by atoms with E-state index in [9.17, 15) is 28.8 Å². The molecule has 0 amide bonds. The fourth-order valence-corrected chi connectivity index (χ4v) is 2.92. The van der Waals surface area contributed by atoms with E-state index in [1.807, 2.05) is 4.98 Å². The second-order valence-electron chi connectivity index (χ2n) is 6.41. The molecule has 4 atom stereocenters. The number of hydrogen-bond donors (Lipinski definition) is 2. The van der Waals surface area contributed by atoms with Gasteiger partial charge in [-0.15, -0.1) is 0 Å². The minimum absolute atomic E-state index is 0.264. The van der Waals surface area contributed by atoms with Crippen LogP contribution < -0.4 is 11.2 Å². The largest absolute Gasteiger partial charge is 0.481 e. The van der Waals surface area contributed by atoms with Gasteiger partial charge in [-0.05, 0) is 0 Å². The summed E-state index contributed by atoms with van der Waals surface area (Å²) in [5.74, 6) is -3.52. The normalized spacial score (nSPS) is 22.9. The molecule has 2 rings (SSSR count). The Bertz CT molecular complexity index is 963. The third kappa shape index (κ3) is 5.53. The van der Waals surface area contributed by atoms with E-state index >= 15 is 0 Å². The minimum atomic E-state index is -1.41. The maximum Gasteiger partial charge on any atom is 0.330 e. The highest BCUT2D eigenvalue weighted by Gasteiger charge is 2.51. The zero-order valence-electron chi connectivity index (χ0n) is 16.3. The Balaban J connectivity index is 2.52. The molecule has 1 aromatic heterocycles. The second-order valence-corrected chi connectivity index (χ2v) is 6.41. The molecule has 0 spiro atoms. The average Bonchev–Trinajstić information content (AvgIpc) is 2.91. The van der Waals surface area contributed by atoms with E-state index in [1.165, 1.54) is 0 Å². The highest BCUT2D eigenvalue weighted by Crippen LogP contribution is 2.33. The van der Waals surface area contributed by atoms with Crippen molar-refractivity contribution < 1.29 is 43.2 Å². The molecule has 0 radical (unpaired) electrons. The summed E-state index contributed by atoms with van der Waals surface area (Å²) in [5, 5.41) is 8.95. The molecule has 1 aromatic rings. The molecule has 1 fully saturated rings. The Morgan fingerprint density at radius 1 is 1.07 bits per heavy atom. The van der Waals surface area contributed by atoms with Crippen LogP contribution in [0.1, 0.15) is 32.6 Å². The first-order chi connectivity index (χ1) is 14.0. The van der Waals surface area contributed by atoms with Gasteiger partial charge in [-0.25, -0.2) is 4.79 Å². The molecular weight excluding hydrogens is 408 g/mol. The Labute approximate surface area is 168 Å². The Morgan fingerprint density at radius 3 is 2.20 bits per heavy atom. The summed E-state index contributed by atoms with van der Waals surface area (Å²) >= 11 is 0. The Hall–Kier alpha value is -3.48. The fraction of sp³-hybridized carbons (Fsp3) is 0.529. The second kappa shape index (κ2) is 9.35. The van der Waals surface area contributed by atoms with Crippen LogP contribution in [0.2, 0.25) is 0 Å². The van der Waals surface area contributed by atoms with Crippen molar-refractivity contribution in [1.29, 1.82) is 0 Å². The van der Waals surface area contributed by atoms with Crippen molar-refractivity contribution in [2.75, 3.05) is 6.61 Å². The molecule has 0 aliphatic carbocycles. The van der Waals surface area contributed by atoms with E-state index in [4.69, 9.17) is 24.1 Å². The number of carboxylic acids is 1. The van der Waals surface area contributed by atoms with E-state index < -0.39 is 66.1 Å². The molecule has 1 aliphatic heterocycles. The van der Waals surface area contributed by atoms with Crippen molar-refractivity contribution in [2.45, 2.75) is 51.7 Å². The highest BCUT2D eigenvalue weighted by atomic mass is 16.7. The quantitative estimate of drug-likeness (QED) is 0.380. The SMILES string of the molecule is CC(=O)OC[C@H]1O[C@@H](n2cc(CC(=O)O)c(=O)[nH]c2=O)[C@H](OC(C)=O)[C@@H]1OC(C)=O. The summed E-state index contributed by atoms with van der Waals surface area (Å²) in [7, 11) is 0. The van der Waals surface area contributed by atoms with Crippen LogP contribution in [0.3, 0.4) is 0 Å². The monoisotopic (exact) mass is 428 g/mol. The molecule has 0 saturated carbocycles. The lowest BCUT2D eigenvalue weighted by Gasteiger charge is -2.24. The summed E-state index contributed by atoms with van der Waals surface area (Å²) < 4.78 is 21.7. The number of esters is 3. The number of rotatable bonds is 7. The number of carbonyl (C=O) groups excluding carboxylic acids is 3. The number of carboxylic acid groups (broad SMARTS) is 1. The zero-order chi connectivity index (χ0) is 22.6.